The highest BCUT2D eigenvalue weighted by molar-refractivity contribution is 6.01. The molecule has 2 rings (SSSR count). The summed E-state index contributed by atoms with van der Waals surface area (Å²) in [6, 6.07) is 12.7. The van der Waals surface area contributed by atoms with Crippen LogP contribution in [0.5, 0.6) is 0 Å². The van der Waals surface area contributed by atoms with Crippen LogP contribution in [0.3, 0.4) is 0 Å². The fraction of sp³-hybridized carbons (Fsp3) is 0.280. The van der Waals surface area contributed by atoms with Crippen molar-refractivity contribution in [2.45, 2.75) is 33.7 Å². The van der Waals surface area contributed by atoms with Crippen molar-refractivity contribution in [1.29, 1.82) is 0 Å². The van der Waals surface area contributed by atoms with Crippen LogP contribution in [0.15, 0.2) is 71.1 Å². The molecule has 2 aromatic rings. The highest BCUT2D eigenvalue weighted by Crippen LogP contribution is 2.29. The first kappa shape index (κ1) is 23.1. The van der Waals surface area contributed by atoms with Gasteiger partial charge in [-0.1, -0.05) is 43.0 Å². The van der Waals surface area contributed by atoms with E-state index in [-0.39, 0.29) is 0 Å². The SMILES string of the molecule is C=NC(=C)NC(=C)C(CCNCc1ccc(C)cc1)=Nc1cc(C)c(C)cc1NC. The molecule has 158 valence electrons. The largest absolute Gasteiger partial charge is 0.386 e. The molecule has 0 aromatic heterocycles. The van der Waals surface area contributed by atoms with Crippen LogP contribution in [0.2, 0.25) is 0 Å². The summed E-state index contributed by atoms with van der Waals surface area (Å²) in [5, 5.41) is 9.80. The molecule has 0 fully saturated rings. The second-order valence-corrected chi connectivity index (χ2v) is 7.38. The van der Waals surface area contributed by atoms with Gasteiger partial charge >= 0.3 is 0 Å². The molecule has 0 atom stereocenters. The van der Waals surface area contributed by atoms with E-state index in [0.717, 1.165) is 30.2 Å². The van der Waals surface area contributed by atoms with Gasteiger partial charge in [-0.15, -0.1) is 0 Å². The molecule has 0 spiro atoms. The minimum absolute atomic E-state index is 0.453. The molecular weight excluding hydrogens is 370 g/mol. The number of nitrogens with zero attached hydrogens (tertiary/aromatic N) is 2. The van der Waals surface area contributed by atoms with Crippen LogP contribution >= 0.6 is 0 Å². The summed E-state index contributed by atoms with van der Waals surface area (Å²) in [6.45, 7) is 19.3. The van der Waals surface area contributed by atoms with E-state index in [1.807, 2.05) is 7.05 Å². The monoisotopic (exact) mass is 403 g/mol. The van der Waals surface area contributed by atoms with Gasteiger partial charge in [0.25, 0.3) is 0 Å². The molecule has 0 unspecified atom stereocenters. The van der Waals surface area contributed by atoms with Gasteiger partial charge in [0.1, 0.15) is 5.82 Å². The fourth-order valence-corrected chi connectivity index (χ4v) is 2.94. The van der Waals surface area contributed by atoms with Crippen LogP contribution in [-0.4, -0.2) is 26.0 Å². The summed E-state index contributed by atoms with van der Waals surface area (Å²) in [7, 11) is 1.91. The lowest BCUT2D eigenvalue weighted by molar-refractivity contribution is 0.703. The number of hydrogen-bond donors (Lipinski definition) is 3. The molecule has 5 nitrogen and oxygen atoms in total. The second-order valence-electron chi connectivity index (χ2n) is 7.38. The van der Waals surface area contributed by atoms with Crippen molar-refractivity contribution in [1.82, 2.24) is 10.6 Å². The normalized spacial score (nSPS) is 11.1. The first-order valence-corrected chi connectivity index (χ1v) is 10.1. The van der Waals surface area contributed by atoms with Gasteiger partial charge in [-0.3, -0.25) is 0 Å². The third kappa shape index (κ3) is 6.71. The maximum Gasteiger partial charge on any atom is 0.122 e. The van der Waals surface area contributed by atoms with Gasteiger partial charge in [0, 0.05) is 26.6 Å². The van der Waals surface area contributed by atoms with Crippen molar-refractivity contribution in [3.05, 3.63) is 83.3 Å². The van der Waals surface area contributed by atoms with Crippen LogP contribution in [0.4, 0.5) is 11.4 Å². The molecule has 0 saturated heterocycles. The van der Waals surface area contributed by atoms with Gasteiger partial charge in [-0.25, -0.2) is 9.98 Å². The highest BCUT2D eigenvalue weighted by Gasteiger charge is 2.10. The van der Waals surface area contributed by atoms with E-state index >= 15 is 0 Å². The first-order valence-electron chi connectivity index (χ1n) is 10.1. The molecule has 0 aliphatic heterocycles. The Kier molecular flexibility index (Phi) is 8.56. The molecule has 3 N–H and O–H groups in total. The van der Waals surface area contributed by atoms with Gasteiger partial charge in [0.15, 0.2) is 0 Å². The Balaban J connectivity index is 2.18. The highest BCUT2D eigenvalue weighted by atomic mass is 15.0. The van der Waals surface area contributed by atoms with Crippen LogP contribution < -0.4 is 16.0 Å². The number of aliphatic imine (C=N–C) groups is 2. The van der Waals surface area contributed by atoms with E-state index in [9.17, 15) is 0 Å². The van der Waals surface area contributed by atoms with Crippen molar-refractivity contribution in [3.8, 4) is 0 Å². The van der Waals surface area contributed by atoms with Crippen LogP contribution in [-0.2, 0) is 6.54 Å². The Bertz CT molecular complexity index is 939. The van der Waals surface area contributed by atoms with E-state index in [1.54, 1.807) is 0 Å². The second kappa shape index (κ2) is 11.1. The van der Waals surface area contributed by atoms with Crippen LogP contribution in [0.25, 0.3) is 0 Å². The van der Waals surface area contributed by atoms with E-state index in [0.29, 0.717) is 17.9 Å². The van der Waals surface area contributed by atoms with Crippen molar-refractivity contribution in [3.63, 3.8) is 0 Å². The maximum absolute atomic E-state index is 4.92. The quantitative estimate of drug-likeness (QED) is 0.358. The smallest absolute Gasteiger partial charge is 0.122 e. The summed E-state index contributed by atoms with van der Waals surface area (Å²) in [6.07, 6.45) is 0.707. The summed E-state index contributed by atoms with van der Waals surface area (Å²) in [5.41, 5.74) is 8.32. The summed E-state index contributed by atoms with van der Waals surface area (Å²) >= 11 is 0. The van der Waals surface area contributed by atoms with Crippen molar-refractivity contribution in [2.75, 3.05) is 18.9 Å². The zero-order valence-electron chi connectivity index (χ0n) is 18.6. The molecule has 5 heteroatoms. The first-order chi connectivity index (χ1) is 14.3. The number of rotatable bonds is 11. The molecule has 0 bridgehead atoms. The molecule has 0 radical (unpaired) electrons. The van der Waals surface area contributed by atoms with E-state index in [1.165, 1.54) is 22.3 Å². The van der Waals surface area contributed by atoms with Gasteiger partial charge in [0.2, 0.25) is 0 Å². The lowest BCUT2D eigenvalue weighted by Gasteiger charge is -2.15. The Morgan fingerprint density at radius 1 is 1.00 bits per heavy atom. The Morgan fingerprint density at radius 3 is 2.30 bits per heavy atom. The van der Waals surface area contributed by atoms with Gasteiger partial charge in [0.05, 0.1) is 22.8 Å². The third-order valence-corrected chi connectivity index (χ3v) is 4.96. The predicted octanol–water partition coefficient (Wildman–Crippen LogP) is 5.18. The predicted molar refractivity (Wildman–Crippen MR) is 131 cm³/mol. The fourth-order valence-electron chi connectivity index (χ4n) is 2.94. The average Bonchev–Trinajstić information content (AvgIpc) is 2.73. The van der Waals surface area contributed by atoms with E-state index < -0.39 is 0 Å². The van der Waals surface area contributed by atoms with Gasteiger partial charge < -0.3 is 16.0 Å². The number of nitrogens with one attached hydrogen (secondary N) is 3. The lowest BCUT2D eigenvalue weighted by Crippen LogP contribution is -2.23. The summed E-state index contributed by atoms with van der Waals surface area (Å²) in [5.74, 6) is 0.453. The van der Waals surface area contributed by atoms with Crippen molar-refractivity contribution < 1.29 is 0 Å². The van der Waals surface area contributed by atoms with Crippen LogP contribution in [0, 0.1) is 20.8 Å². The van der Waals surface area contributed by atoms with Crippen LogP contribution in [0.1, 0.15) is 28.7 Å². The Morgan fingerprint density at radius 2 is 1.67 bits per heavy atom. The Hall–Kier alpha value is -3.18. The lowest BCUT2D eigenvalue weighted by atomic mass is 10.1. The third-order valence-electron chi connectivity index (χ3n) is 4.96. The van der Waals surface area contributed by atoms with Gasteiger partial charge in [-0.05, 0) is 56.3 Å². The minimum atomic E-state index is 0.453. The maximum atomic E-state index is 4.92. The molecule has 0 aliphatic rings. The number of anilines is 1. The van der Waals surface area contributed by atoms with Crippen molar-refractivity contribution >= 4 is 23.8 Å². The number of benzene rings is 2. The summed E-state index contributed by atoms with van der Waals surface area (Å²) < 4.78 is 0. The van der Waals surface area contributed by atoms with Crippen molar-refractivity contribution in [2.24, 2.45) is 9.98 Å². The minimum Gasteiger partial charge on any atom is -0.386 e. The zero-order valence-corrected chi connectivity index (χ0v) is 18.6. The molecule has 0 saturated carbocycles. The topological polar surface area (TPSA) is 60.8 Å². The van der Waals surface area contributed by atoms with E-state index in [2.05, 4.69) is 98.0 Å². The molecule has 0 heterocycles. The van der Waals surface area contributed by atoms with Gasteiger partial charge in [-0.2, -0.15) is 0 Å². The molecule has 0 amide bonds. The number of hydrogen-bond acceptors (Lipinski definition) is 5. The summed E-state index contributed by atoms with van der Waals surface area (Å²) in [4.78, 5) is 8.74. The molecule has 30 heavy (non-hydrogen) atoms. The molecular formula is C25H33N5. The Labute approximate surface area is 180 Å². The van der Waals surface area contributed by atoms with E-state index in [4.69, 9.17) is 4.99 Å². The average molecular weight is 404 g/mol. The number of allylic oxidation sites excluding steroid dienone is 1. The number of aryl methyl sites for hydroxylation is 3. The standard InChI is InChI=1S/C25H33N5/c1-17-8-10-22(11-9-17)16-28-13-12-23(20(4)29-21(5)26-6)30-25-15-19(3)18(2)14-24(25)27-7/h8-11,14-15,27-29H,4-6,12-13,16H2,1-3,7H3. The molecule has 2 aromatic carbocycles. The molecule has 0 aliphatic carbocycles. The zero-order chi connectivity index (χ0) is 22.1.